The van der Waals surface area contributed by atoms with Crippen LogP contribution in [0, 0.1) is 11.3 Å². The minimum Gasteiger partial charge on any atom is -0.368 e. The maximum atomic E-state index is 11.3. The molecule has 100 valence electrons. The van der Waals surface area contributed by atoms with E-state index in [1.807, 2.05) is 23.1 Å². The number of hydrogen-bond acceptors (Lipinski definition) is 4. The van der Waals surface area contributed by atoms with E-state index in [2.05, 4.69) is 11.4 Å². The highest BCUT2D eigenvalue weighted by Crippen LogP contribution is 2.24. The number of nitrogens with two attached hydrogens (primary N) is 1. The minimum absolute atomic E-state index is 0.156. The van der Waals surface area contributed by atoms with E-state index < -0.39 is 0 Å². The molecule has 0 saturated carbocycles. The van der Waals surface area contributed by atoms with Crippen molar-refractivity contribution in [1.29, 1.82) is 5.26 Å². The monoisotopic (exact) mass is 258 g/mol. The van der Waals surface area contributed by atoms with E-state index in [1.54, 1.807) is 6.07 Å². The third-order valence-electron chi connectivity index (χ3n) is 3.41. The van der Waals surface area contributed by atoms with Crippen LogP contribution in [0.25, 0.3) is 0 Å². The molecule has 1 aliphatic heterocycles. The molecule has 1 aromatic rings. The van der Waals surface area contributed by atoms with E-state index in [4.69, 9.17) is 5.73 Å². The van der Waals surface area contributed by atoms with Crippen LogP contribution in [0.1, 0.15) is 18.4 Å². The summed E-state index contributed by atoms with van der Waals surface area (Å²) in [7, 11) is 0. The van der Waals surface area contributed by atoms with Crippen LogP contribution < -0.4 is 16.0 Å². The number of carbonyl (C=O) groups is 1. The summed E-state index contributed by atoms with van der Waals surface area (Å²) in [4.78, 5) is 13.3. The van der Waals surface area contributed by atoms with Crippen LogP contribution >= 0.6 is 0 Å². The van der Waals surface area contributed by atoms with Crippen molar-refractivity contribution in [2.24, 2.45) is 5.73 Å². The fourth-order valence-electron chi connectivity index (χ4n) is 2.52. The maximum absolute atomic E-state index is 11.3. The van der Waals surface area contributed by atoms with E-state index in [9.17, 15) is 10.1 Å². The second kappa shape index (κ2) is 6.21. The molecule has 3 N–H and O–H groups in total. The second-order valence-electron chi connectivity index (χ2n) is 4.70. The van der Waals surface area contributed by atoms with Crippen LogP contribution in [-0.2, 0) is 4.79 Å². The molecule has 1 amide bonds. The summed E-state index contributed by atoms with van der Waals surface area (Å²) >= 11 is 0. The number of benzene rings is 1. The standard InChI is InChI=1S/C14H18N4O/c15-9-11-3-1-2-4-13(11)18(10-14(16)19)12-5-7-17-8-6-12/h1-4,12,17H,5-8,10H2,(H2,16,19). The zero-order valence-corrected chi connectivity index (χ0v) is 10.8. The molecule has 1 heterocycles. The Morgan fingerprint density at radius 2 is 2.11 bits per heavy atom. The van der Waals surface area contributed by atoms with Crippen molar-refractivity contribution < 1.29 is 4.79 Å². The number of primary amides is 1. The fourth-order valence-corrected chi connectivity index (χ4v) is 2.52. The number of nitrogens with zero attached hydrogens (tertiary/aromatic N) is 2. The lowest BCUT2D eigenvalue weighted by molar-refractivity contribution is -0.116. The van der Waals surface area contributed by atoms with Gasteiger partial charge >= 0.3 is 0 Å². The Balaban J connectivity index is 2.30. The van der Waals surface area contributed by atoms with Crippen molar-refractivity contribution in [3.8, 4) is 6.07 Å². The summed E-state index contributed by atoms with van der Waals surface area (Å²) in [6, 6.07) is 9.79. The molecule has 1 aliphatic rings. The predicted octanol–water partition coefficient (Wildman–Crippen LogP) is 0.602. The van der Waals surface area contributed by atoms with Crippen molar-refractivity contribution in [3.63, 3.8) is 0 Å². The minimum atomic E-state index is -0.369. The Labute approximate surface area is 113 Å². The maximum Gasteiger partial charge on any atom is 0.236 e. The highest BCUT2D eigenvalue weighted by atomic mass is 16.1. The molecule has 0 aromatic heterocycles. The van der Waals surface area contributed by atoms with Gasteiger partial charge in [-0.3, -0.25) is 4.79 Å². The number of nitriles is 1. The first-order valence-electron chi connectivity index (χ1n) is 6.47. The van der Waals surface area contributed by atoms with E-state index >= 15 is 0 Å². The third kappa shape index (κ3) is 3.24. The summed E-state index contributed by atoms with van der Waals surface area (Å²) in [5.74, 6) is -0.369. The van der Waals surface area contributed by atoms with Crippen LogP contribution in [-0.4, -0.2) is 31.6 Å². The summed E-state index contributed by atoms with van der Waals surface area (Å²) < 4.78 is 0. The number of rotatable bonds is 4. The number of nitrogens with one attached hydrogen (secondary N) is 1. The van der Waals surface area contributed by atoms with E-state index in [-0.39, 0.29) is 18.5 Å². The molecule has 5 nitrogen and oxygen atoms in total. The van der Waals surface area contributed by atoms with Gasteiger partial charge in [0, 0.05) is 6.04 Å². The molecular formula is C14H18N4O. The van der Waals surface area contributed by atoms with Gasteiger partial charge in [-0.2, -0.15) is 5.26 Å². The van der Waals surface area contributed by atoms with Gasteiger partial charge in [0.1, 0.15) is 6.07 Å². The first-order valence-corrected chi connectivity index (χ1v) is 6.47. The summed E-state index contributed by atoms with van der Waals surface area (Å²) in [6.07, 6.45) is 1.90. The Morgan fingerprint density at radius 3 is 2.74 bits per heavy atom. The number of para-hydroxylation sites is 1. The van der Waals surface area contributed by atoms with Gasteiger partial charge < -0.3 is 16.0 Å². The molecule has 5 heteroatoms. The summed E-state index contributed by atoms with van der Waals surface area (Å²) in [5, 5.41) is 12.5. The normalized spacial score (nSPS) is 15.7. The molecule has 2 rings (SSSR count). The Morgan fingerprint density at radius 1 is 1.42 bits per heavy atom. The SMILES string of the molecule is N#Cc1ccccc1N(CC(N)=O)C1CCNCC1. The van der Waals surface area contributed by atoms with Crippen molar-refractivity contribution in [2.75, 3.05) is 24.5 Å². The topological polar surface area (TPSA) is 82.2 Å². The predicted molar refractivity (Wildman–Crippen MR) is 73.6 cm³/mol. The number of amides is 1. The van der Waals surface area contributed by atoms with E-state index in [1.165, 1.54) is 0 Å². The number of carbonyl (C=O) groups excluding carboxylic acids is 1. The molecule has 0 radical (unpaired) electrons. The lowest BCUT2D eigenvalue weighted by atomic mass is 10.0. The quantitative estimate of drug-likeness (QED) is 0.828. The van der Waals surface area contributed by atoms with Gasteiger partial charge in [0.2, 0.25) is 5.91 Å². The van der Waals surface area contributed by atoms with Crippen LogP contribution in [0.15, 0.2) is 24.3 Å². The van der Waals surface area contributed by atoms with Crippen LogP contribution in [0.2, 0.25) is 0 Å². The molecule has 19 heavy (non-hydrogen) atoms. The molecule has 0 aliphatic carbocycles. The van der Waals surface area contributed by atoms with Crippen molar-refractivity contribution in [3.05, 3.63) is 29.8 Å². The Hall–Kier alpha value is -2.06. The fraction of sp³-hybridized carbons (Fsp3) is 0.429. The zero-order chi connectivity index (χ0) is 13.7. The smallest absolute Gasteiger partial charge is 0.236 e. The van der Waals surface area contributed by atoms with Crippen LogP contribution in [0.3, 0.4) is 0 Å². The first-order chi connectivity index (χ1) is 9.22. The highest BCUT2D eigenvalue weighted by molar-refractivity contribution is 5.80. The molecule has 1 saturated heterocycles. The second-order valence-corrected chi connectivity index (χ2v) is 4.70. The molecule has 1 aromatic carbocycles. The van der Waals surface area contributed by atoms with Gasteiger partial charge in [-0.25, -0.2) is 0 Å². The summed E-state index contributed by atoms with van der Waals surface area (Å²) in [6.45, 7) is 2.01. The molecule has 1 fully saturated rings. The van der Waals surface area contributed by atoms with Crippen LogP contribution in [0.4, 0.5) is 5.69 Å². The van der Waals surface area contributed by atoms with Gasteiger partial charge in [-0.05, 0) is 38.1 Å². The Bertz CT molecular complexity index is 488. The molecule has 0 unspecified atom stereocenters. The lowest BCUT2D eigenvalue weighted by Crippen LogP contribution is -2.47. The van der Waals surface area contributed by atoms with Crippen molar-refractivity contribution >= 4 is 11.6 Å². The van der Waals surface area contributed by atoms with Gasteiger partial charge in [-0.15, -0.1) is 0 Å². The van der Waals surface area contributed by atoms with Crippen molar-refractivity contribution in [1.82, 2.24) is 5.32 Å². The molecule has 0 bridgehead atoms. The largest absolute Gasteiger partial charge is 0.368 e. The average Bonchev–Trinajstić information content (AvgIpc) is 2.45. The average molecular weight is 258 g/mol. The van der Waals surface area contributed by atoms with Gasteiger partial charge in [0.15, 0.2) is 0 Å². The summed E-state index contributed by atoms with van der Waals surface area (Å²) in [5.41, 5.74) is 6.74. The van der Waals surface area contributed by atoms with E-state index in [0.29, 0.717) is 5.56 Å². The molecule has 0 atom stereocenters. The molecular weight excluding hydrogens is 240 g/mol. The van der Waals surface area contributed by atoms with Gasteiger partial charge in [-0.1, -0.05) is 12.1 Å². The zero-order valence-electron chi connectivity index (χ0n) is 10.8. The van der Waals surface area contributed by atoms with Crippen LogP contribution in [0.5, 0.6) is 0 Å². The Kier molecular flexibility index (Phi) is 4.37. The number of anilines is 1. The lowest BCUT2D eigenvalue weighted by Gasteiger charge is -2.36. The number of hydrogen-bond donors (Lipinski definition) is 2. The van der Waals surface area contributed by atoms with Crippen molar-refractivity contribution in [2.45, 2.75) is 18.9 Å². The third-order valence-corrected chi connectivity index (χ3v) is 3.41. The van der Waals surface area contributed by atoms with Gasteiger partial charge in [0.25, 0.3) is 0 Å². The van der Waals surface area contributed by atoms with Gasteiger partial charge in [0.05, 0.1) is 17.8 Å². The van der Waals surface area contributed by atoms with E-state index in [0.717, 1.165) is 31.6 Å². The molecule has 0 spiro atoms. The number of piperidine rings is 1. The highest BCUT2D eigenvalue weighted by Gasteiger charge is 2.24. The first kappa shape index (κ1) is 13.4.